The van der Waals surface area contributed by atoms with Crippen LogP contribution in [0.2, 0.25) is 0 Å². The molecule has 25 heavy (non-hydrogen) atoms. The second-order valence-electron chi connectivity index (χ2n) is 5.99. The number of hydrogen-bond donors (Lipinski definition) is 1. The Bertz CT molecular complexity index is 1030. The predicted molar refractivity (Wildman–Crippen MR) is 103 cm³/mol. The maximum Gasteiger partial charge on any atom is 0.272 e. The Labute approximate surface area is 146 Å². The van der Waals surface area contributed by atoms with Crippen molar-refractivity contribution in [3.63, 3.8) is 0 Å². The predicted octanol–water partition coefficient (Wildman–Crippen LogP) is 5.10. The van der Waals surface area contributed by atoms with Crippen LogP contribution in [0.15, 0.2) is 84.9 Å². The number of fused-ring (bicyclic) bond motifs is 1. The zero-order valence-corrected chi connectivity index (χ0v) is 13.9. The number of nitrogens with one attached hydrogen (secondary N) is 1. The molecule has 0 aliphatic carbocycles. The molecule has 0 fully saturated rings. The number of para-hydroxylation sites is 1. The van der Waals surface area contributed by atoms with Crippen LogP contribution < -0.4 is 5.32 Å². The van der Waals surface area contributed by atoms with Gasteiger partial charge in [0.25, 0.3) is 5.91 Å². The third-order valence-electron chi connectivity index (χ3n) is 4.40. The molecule has 122 valence electrons. The number of hydrogen-bond acceptors (Lipinski definition) is 1. The summed E-state index contributed by atoms with van der Waals surface area (Å²) in [4.78, 5) is 13.0. The number of nitrogens with zero attached hydrogens (tertiary/aromatic N) is 1. The van der Waals surface area contributed by atoms with Crippen molar-refractivity contribution in [1.82, 2.24) is 4.57 Å². The van der Waals surface area contributed by atoms with Gasteiger partial charge in [-0.2, -0.15) is 0 Å². The SMILES string of the molecule is Cn1c(C(=O)Nc2ccccc2)c2ccccc2c1-c1ccccc1. The van der Waals surface area contributed by atoms with Crippen LogP contribution in [0.4, 0.5) is 5.69 Å². The molecule has 1 amide bonds. The van der Waals surface area contributed by atoms with Crippen molar-refractivity contribution in [2.75, 3.05) is 5.32 Å². The van der Waals surface area contributed by atoms with Crippen LogP contribution in [0, 0.1) is 0 Å². The monoisotopic (exact) mass is 326 g/mol. The number of aromatic nitrogens is 1. The van der Waals surface area contributed by atoms with Gasteiger partial charge in [-0.05, 0) is 17.7 Å². The van der Waals surface area contributed by atoms with Gasteiger partial charge >= 0.3 is 0 Å². The van der Waals surface area contributed by atoms with Crippen LogP contribution in [-0.4, -0.2) is 10.5 Å². The summed E-state index contributed by atoms with van der Waals surface area (Å²) in [5, 5.41) is 5.03. The number of carbonyl (C=O) groups excluding carboxylic acids is 1. The van der Waals surface area contributed by atoms with Gasteiger partial charge < -0.3 is 9.88 Å². The average Bonchev–Trinajstić information content (AvgIpc) is 2.95. The Balaban J connectivity index is 1.87. The second kappa shape index (κ2) is 6.29. The van der Waals surface area contributed by atoms with Gasteiger partial charge in [-0.3, -0.25) is 4.79 Å². The number of carbonyl (C=O) groups is 1. The Kier molecular flexibility index (Phi) is 3.82. The Morgan fingerprint density at radius 3 is 2.00 bits per heavy atom. The second-order valence-corrected chi connectivity index (χ2v) is 5.99. The van der Waals surface area contributed by atoms with Gasteiger partial charge in [-0.25, -0.2) is 0 Å². The molecular formula is C22H18N2O. The van der Waals surface area contributed by atoms with Gasteiger partial charge in [-0.15, -0.1) is 0 Å². The highest BCUT2D eigenvalue weighted by Crippen LogP contribution is 2.33. The van der Waals surface area contributed by atoms with E-state index in [1.165, 1.54) is 0 Å². The van der Waals surface area contributed by atoms with Crippen LogP contribution in [0.1, 0.15) is 10.5 Å². The molecule has 1 N–H and O–H groups in total. The highest BCUT2D eigenvalue weighted by atomic mass is 16.1. The summed E-state index contributed by atoms with van der Waals surface area (Å²) in [6.45, 7) is 0. The minimum atomic E-state index is -0.105. The van der Waals surface area contributed by atoms with Crippen molar-refractivity contribution in [3.05, 3.63) is 90.6 Å². The first-order valence-corrected chi connectivity index (χ1v) is 8.25. The fourth-order valence-corrected chi connectivity index (χ4v) is 3.30. The summed E-state index contributed by atoms with van der Waals surface area (Å²) in [7, 11) is 1.95. The molecule has 4 aromatic rings. The fourth-order valence-electron chi connectivity index (χ4n) is 3.30. The van der Waals surface area contributed by atoms with Crippen LogP contribution >= 0.6 is 0 Å². The highest BCUT2D eigenvalue weighted by Gasteiger charge is 2.20. The van der Waals surface area contributed by atoms with Crippen LogP contribution in [0.25, 0.3) is 22.0 Å². The maximum atomic E-state index is 13.0. The van der Waals surface area contributed by atoms with E-state index in [9.17, 15) is 4.79 Å². The molecule has 3 aromatic carbocycles. The van der Waals surface area contributed by atoms with E-state index in [1.807, 2.05) is 78.3 Å². The number of benzene rings is 3. The number of amides is 1. The molecule has 0 aliphatic rings. The lowest BCUT2D eigenvalue weighted by molar-refractivity contribution is 0.102. The van der Waals surface area contributed by atoms with E-state index in [2.05, 4.69) is 23.5 Å². The molecule has 1 aromatic heterocycles. The molecule has 4 rings (SSSR count). The summed E-state index contributed by atoms with van der Waals surface area (Å²) in [6, 6.07) is 27.7. The smallest absolute Gasteiger partial charge is 0.272 e. The van der Waals surface area contributed by atoms with Crippen molar-refractivity contribution in [2.24, 2.45) is 7.05 Å². The van der Waals surface area contributed by atoms with Gasteiger partial charge in [0.1, 0.15) is 5.69 Å². The number of rotatable bonds is 3. The summed E-state index contributed by atoms with van der Waals surface area (Å²) in [5.74, 6) is -0.105. The van der Waals surface area contributed by atoms with Gasteiger partial charge in [0, 0.05) is 23.5 Å². The van der Waals surface area contributed by atoms with E-state index in [1.54, 1.807) is 0 Å². The van der Waals surface area contributed by atoms with Crippen molar-refractivity contribution in [2.45, 2.75) is 0 Å². The molecule has 1 heterocycles. The van der Waals surface area contributed by atoms with E-state index in [0.717, 1.165) is 27.7 Å². The van der Waals surface area contributed by atoms with Crippen LogP contribution in [-0.2, 0) is 7.05 Å². The Hall–Kier alpha value is -3.33. The number of anilines is 1. The zero-order chi connectivity index (χ0) is 17.2. The minimum Gasteiger partial charge on any atom is -0.339 e. The minimum absolute atomic E-state index is 0.105. The molecule has 3 heteroatoms. The molecule has 0 radical (unpaired) electrons. The fraction of sp³-hybridized carbons (Fsp3) is 0.0455. The van der Waals surface area contributed by atoms with Crippen molar-refractivity contribution in [1.29, 1.82) is 0 Å². The molecule has 0 bridgehead atoms. The summed E-state index contributed by atoms with van der Waals surface area (Å²) < 4.78 is 1.98. The molecule has 3 nitrogen and oxygen atoms in total. The topological polar surface area (TPSA) is 34.0 Å². The summed E-state index contributed by atoms with van der Waals surface area (Å²) in [6.07, 6.45) is 0. The molecule has 0 spiro atoms. The largest absolute Gasteiger partial charge is 0.339 e. The van der Waals surface area contributed by atoms with E-state index in [-0.39, 0.29) is 5.91 Å². The van der Waals surface area contributed by atoms with Gasteiger partial charge in [-0.1, -0.05) is 72.8 Å². The average molecular weight is 326 g/mol. The lowest BCUT2D eigenvalue weighted by Gasteiger charge is -2.09. The van der Waals surface area contributed by atoms with Gasteiger partial charge in [0.15, 0.2) is 0 Å². The molecule has 0 saturated carbocycles. The summed E-state index contributed by atoms with van der Waals surface area (Å²) in [5.41, 5.74) is 3.60. The first-order chi connectivity index (χ1) is 12.3. The lowest BCUT2D eigenvalue weighted by Crippen LogP contribution is -2.16. The quantitative estimate of drug-likeness (QED) is 0.558. The molecule has 0 saturated heterocycles. The van der Waals surface area contributed by atoms with E-state index in [0.29, 0.717) is 5.69 Å². The van der Waals surface area contributed by atoms with E-state index in [4.69, 9.17) is 0 Å². The van der Waals surface area contributed by atoms with E-state index >= 15 is 0 Å². The van der Waals surface area contributed by atoms with Gasteiger partial charge in [0.05, 0.1) is 5.69 Å². The normalized spacial score (nSPS) is 10.8. The van der Waals surface area contributed by atoms with Crippen LogP contribution in [0.5, 0.6) is 0 Å². The van der Waals surface area contributed by atoms with E-state index < -0.39 is 0 Å². The zero-order valence-electron chi connectivity index (χ0n) is 13.9. The van der Waals surface area contributed by atoms with Crippen LogP contribution in [0.3, 0.4) is 0 Å². The third kappa shape index (κ3) is 2.70. The van der Waals surface area contributed by atoms with Crippen molar-refractivity contribution >= 4 is 22.4 Å². The first kappa shape index (κ1) is 15.2. The molecule has 0 atom stereocenters. The first-order valence-electron chi connectivity index (χ1n) is 8.25. The maximum absolute atomic E-state index is 13.0. The van der Waals surface area contributed by atoms with Crippen molar-refractivity contribution < 1.29 is 4.79 Å². The standard InChI is InChI=1S/C22H18N2O/c1-24-20(16-10-4-2-5-11-16)18-14-8-9-15-19(18)21(24)22(25)23-17-12-6-3-7-13-17/h2-15H,1H3,(H,23,25). The molecule has 0 aliphatic heterocycles. The van der Waals surface area contributed by atoms with Gasteiger partial charge in [0.2, 0.25) is 0 Å². The summed E-state index contributed by atoms with van der Waals surface area (Å²) >= 11 is 0. The molecule has 0 unspecified atom stereocenters. The Morgan fingerprint density at radius 2 is 1.32 bits per heavy atom. The third-order valence-corrected chi connectivity index (χ3v) is 4.40. The molecular weight excluding hydrogens is 308 g/mol. The van der Waals surface area contributed by atoms with Crippen molar-refractivity contribution in [3.8, 4) is 11.3 Å². The highest BCUT2D eigenvalue weighted by molar-refractivity contribution is 6.15. The lowest BCUT2D eigenvalue weighted by atomic mass is 10.1. The Morgan fingerprint density at radius 1 is 0.760 bits per heavy atom.